The van der Waals surface area contributed by atoms with E-state index in [0.29, 0.717) is 12.6 Å². The van der Waals surface area contributed by atoms with Crippen molar-refractivity contribution in [2.45, 2.75) is 71.9 Å². The van der Waals surface area contributed by atoms with Crippen LogP contribution in [-0.2, 0) is 4.79 Å². The Kier molecular flexibility index (Phi) is 4.84. The van der Waals surface area contributed by atoms with E-state index in [1.54, 1.807) is 0 Å². The summed E-state index contributed by atoms with van der Waals surface area (Å²) >= 11 is 0. The van der Waals surface area contributed by atoms with Crippen molar-refractivity contribution in [2.24, 2.45) is 16.3 Å². The van der Waals surface area contributed by atoms with Gasteiger partial charge in [-0.25, -0.2) is 0 Å². The lowest BCUT2D eigenvalue weighted by Gasteiger charge is -2.42. The van der Waals surface area contributed by atoms with E-state index in [2.05, 4.69) is 16.8 Å². The predicted molar refractivity (Wildman–Crippen MR) is 87.2 cm³/mol. The summed E-state index contributed by atoms with van der Waals surface area (Å²) in [6, 6.07) is 0.518. The van der Waals surface area contributed by atoms with Crippen molar-refractivity contribution in [3.05, 3.63) is 0 Å². The Morgan fingerprint density at radius 1 is 1.24 bits per heavy atom. The SMILES string of the molecule is CC1CCC(N(C(=O)C(C)(C)C)[C@@H]2CN=C(C=N)C2)CC1. The summed E-state index contributed by atoms with van der Waals surface area (Å²) in [5, 5.41) is 7.37. The molecule has 2 rings (SSSR count). The molecule has 1 atom stereocenters. The van der Waals surface area contributed by atoms with E-state index in [0.717, 1.165) is 30.9 Å². The van der Waals surface area contributed by atoms with Crippen molar-refractivity contribution >= 4 is 17.8 Å². The lowest BCUT2D eigenvalue weighted by atomic mass is 9.84. The summed E-state index contributed by atoms with van der Waals surface area (Å²) in [4.78, 5) is 19.5. The molecule has 1 amide bonds. The van der Waals surface area contributed by atoms with Crippen LogP contribution >= 0.6 is 0 Å². The Morgan fingerprint density at radius 2 is 1.86 bits per heavy atom. The third-order valence-corrected chi connectivity index (χ3v) is 4.76. The Labute approximate surface area is 128 Å². The number of carbonyl (C=O) groups excluding carboxylic acids is 1. The molecule has 0 aromatic rings. The minimum absolute atomic E-state index is 0.159. The summed E-state index contributed by atoms with van der Waals surface area (Å²) in [7, 11) is 0. The fourth-order valence-electron chi connectivity index (χ4n) is 3.42. The third-order valence-electron chi connectivity index (χ3n) is 4.76. The normalized spacial score (nSPS) is 29.9. The number of hydrogen-bond acceptors (Lipinski definition) is 3. The second-order valence-electron chi connectivity index (χ2n) is 7.71. The molecule has 1 heterocycles. The number of nitrogens with one attached hydrogen (secondary N) is 1. The minimum Gasteiger partial charge on any atom is -0.334 e. The third kappa shape index (κ3) is 3.72. The number of aliphatic imine (C=N–C) groups is 1. The van der Waals surface area contributed by atoms with Gasteiger partial charge in [0.05, 0.1) is 18.3 Å². The van der Waals surface area contributed by atoms with Gasteiger partial charge in [0.2, 0.25) is 5.91 Å². The van der Waals surface area contributed by atoms with Crippen molar-refractivity contribution in [2.75, 3.05) is 6.54 Å². The van der Waals surface area contributed by atoms with Crippen LogP contribution in [0.1, 0.15) is 59.8 Å². The smallest absolute Gasteiger partial charge is 0.228 e. The maximum atomic E-state index is 12.9. The molecule has 118 valence electrons. The summed E-state index contributed by atoms with van der Waals surface area (Å²) < 4.78 is 0. The molecule has 4 nitrogen and oxygen atoms in total. The van der Waals surface area contributed by atoms with Crippen LogP contribution in [-0.4, -0.2) is 41.4 Å². The molecule has 1 N–H and O–H groups in total. The molecule has 0 aromatic carbocycles. The van der Waals surface area contributed by atoms with Crippen LogP contribution in [0.3, 0.4) is 0 Å². The van der Waals surface area contributed by atoms with E-state index in [1.165, 1.54) is 19.1 Å². The number of nitrogens with zero attached hydrogens (tertiary/aromatic N) is 2. The molecular weight excluding hydrogens is 262 g/mol. The van der Waals surface area contributed by atoms with E-state index < -0.39 is 0 Å². The highest BCUT2D eigenvalue weighted by Crippen LogP contribution is 2.33. The Morgan fingerprint density at radius 3 is 2.33 bits per heavy atom. The van der Waals surface area contributed by atoms with Gasteiger partial charge >= 0.3 is 0 Å². The zero-order chi connectivity index (χ0) is 15.6. The van der Waals surface area contributed by atoms with Gasteiger partial charge in [-0.15, -0.1) is 0 Å². The fourth-order valence-corrected chi connectivity index (χ4v) is 3.42. The van der Waals surface area contributed by atoms with Crippen molar-refractivity contribution in [3.63, 3.8) is 0 Å². The molecule has 0 aromatic heterocycles. The average Bonchev–Trinajstić information content (AvgIpc) is 2.89. The molecule has 1 aliphatic heterocycles. The van der Waals surface area contributed by atoms with Gasteiger partial charge in [-0.2, -0.15) is 0 Å². The quantitative estimate of drug-likeness (QED) is 0.797. The number of hydrogen-bond donors (Lipinski definition) is 1. The maximum Gasteiger partial charge on any atom is 0.228 e. The van der Waals surface area contributed by atoms with Gasteiger partial charge in [-0.3, -0.25) is 9.79 Å². The van der Waals surface area contributed by atoms with Crippen LogP contribution < -0.4 is 0 Å². The minimum atomic E-state index is -0.351. The molecular formula is C17H29N3O. The van der Waals surface area contributed by atoms with Gasteiger partial charge in [-0.1, -0.05) is 27.7 Å². The molecule has 0 saturated heterocycles. The number of amides is 1. The van der Waals surface area contributed by atoms with Crippen LogP contribution in [0.2, 0.25) is 0 Å². The van der Waals surface area contributed by atoms with Crippen LogP contribution in [0.25, 0.3) is 0 Å². The van der Waals surface area contributed by atoms with Gasteiger partial charge < -0.3 is 10.3 Å². The lowest BCUT2D eigenvalue weighted by molar-refractivity contribution is -0.145. The Bertz CT molecular complexity index is 428. The Hall–Kier alpha value is -1.19. The summed E-state index contributed by atoms with van der Waals surface area (Å²) in [5.74, 6) is 1.03. The first-order chi connectivity index (χ1) is 9.82. The molecule has 1 fully saturated rings. The van der Waals surface area contributed by atoms with Crippen LogP contribution in [0.15, 0.2) is 4.99 Å². The number of carbonyl (C=O) groups is 1. The molecule has 4 heteroatoms. The topological polar surface area (TPSA) is 56.5 Å². The van der Waals surface area contributed by atoms with Crippen molar-refractivity contribution in [1.82, 2.24) is 4.90 Å². The molecule has 0 unspecified atom stereocenters. The van der Waals surface area contributed by atoms with Gasteiger partial charge in [0, 0.05) is 24.1 Å². The predicted octanol–water partition coefficient (Wildman–Crippen LogP) is 3.30. The fraction of sp³-hybridized carbons (Fsp3) is 0.824. The molecule has 0 spiro atoms. The van der Waals surface area contributed by atoms with E-state index >= 15 is 0 Å². The second-order valence-corrected chi connectivity index (χ2v) is 7.71. The Balaban J connectivity index is 2.15. The zero-order valence-electron chi connectivity index (χ0n) is 13.9. The first-order valence-electron chi connectivity index (χ1n) is 8.19. The van der Waals surface area contributed by atoms with E-state index in [9.17, 15) is 4.79 Å². The van der Waals surface area contributed by atoms with Crippen molar-refractivity contribution in [1.29, 1.82) is 5.41 Å². The highest BCUT2D eigenvalue weighted by molar-refractivity contribution is 6.30. The van der Waals surface area contributed by atoms with Crippen LogP contribution in [0.5, 0.6) is 0 Å². The van der Waals surface area contributed by atoms with Crippen LogP contribution in [0, 0.1) is 16.7 Å². The highest BCUT2D eigenvalue weighted by Gasteiger charge is 2.39. The molecule has 0 bridgehead atoms. The van der Waals surface area contributed by atoms with E-state index in [1.807, 2.05) is 20.8 Å². The monoisotopic (exact) mass is 291 g/mol. The summed E-state index contributed by atoms with van der Waals surface area (Å²) in [6.07, 6.45) is 6.73. The average molecular weight is 291 g/mol. The van der Waals surface area contributed by atoms with Crippen molar-refractivity contribution in [3.8, 4) is 0 Å². The van der Waals surface area contributed by atoms with Gasteiger partial charge in [-0.05, 0) is 31.6 Å². The van der Waals surface area contributed by atoms with E-state index in [-0.39, 0.29) is 17.4 Å². The standard InChI is InChI=1S/C17H29N3O/c1-12-5-7-14(8-6-12)20(16(21)17(2,3)4)15-9-13(10-18)19-11-15/h10,12,14-15,18H,5-9,11H2,1-4H3/t12?,14?,15-/m0/s1. The first kappa shape index (κ1) is 16.2. The second kappa shape index (κ2) is 6.29. The zero-order valence-corrected chi connectivity index (χ0v) is 13.9. The summed E-state index contributed by atoms with van der Waals surface area (Å²) in [6.45, 7) is 8.97. The van der Waals surface area contributed by atoms with E-state index in [4.69, 9.17) is 5.41 Å². The number of rotatable bonds is 3. The largest absolute Gasteiger partial charge is 0.334 e. The van der Waals surface area contributed by atoms with Gasteiger partial charge in [0.25, 0.3) is 0 Å². The lowest BCUT2D eigenvalue weighted by Crippen LogP contribution is -2.53. The first-order valence-corrected chi connectivity index (χ1v) is 8.19. The molecule has 1 saturated carbocycles. The van der Waals surface area contributed by atoms with Gasteiger partial charge in [0.1, 0.15) is 0 Å². The van der Waals surface area contributed by atoms with Gasteiger partial charge in [0.15, 0.2) is 0 Å². The summed E-state index contributed by atoms with van der Waals surface area (Å²) in [5.41, 5.74) is 0.479. The maximum absolute atomic E-state index is 12.9. The molecule has 1 aliphatic carbocycles. The van der Waals surface area contributed by atoms with Crippen molar-refractivity contribution < 1.29 is 4.79 Å². The molecule has 0 radical (unpaired) electrons. The highest BCUT2D eigenvalue weighted by atomic mass is 16.2. The molecule has 21 heavy (non-hydrogen) atoms. The van der Waals surface area contributed by atoms with Crippen LogP contribution in [0.4, 0.5) is 0 Å². The molecule has 2 aliphatic rings.